The van der Waals surface area contributed by atoms with Crippen LogP contribution in [-0.4, -0.2) is 22.6 Å². The minimum Gasteiger partial charge on any atom is -0.457 e. The van der Waals surface area contributed by atoms with Crippen LogP contribution in [0.1, 0.15) is 42.3 Å². The minimum atomic E-state index is -0.571. The van der Waals surface area contributed by atoms with E-state index in [0.717, 1.165) is 22.3 Å². The topological polar surface area (TPSA) is 77.5 Å². The third kappa shape index (κ3) is 3.63. The number of esters is 1. The van der Waals surface area contributed by atoms with Crippen molar-refractivity contribution in [3.63, 3.8) is 0 Å². The van der Waals surface area contributed by atoms with E-state index in [2.05, 4.69) is 10.3 Å². The number of carbonyl (C=O) groups excluding carboxylic acids is 2. The first kappa shape index (κ1) is 17.0. The molecule has 0 saturated heterocycles. The molecule has 0 spiro atoms. The van der Waals surface area contributed by atoms with E-state index in [1.165, 1.54) is 0 Å². The number of rotatable bonds is 2. The van der Waals surface area contributed by atoms with Crippen LogP contribution in [0.4, 0.5) is 10.5 Å². The van der Waals surface area contributed by atoms with Gasteiger partial charge in [-0.2, -0.15) is 0 Å². The van der Waals surface area contributed by atoms with E-state index in [0.29, 0.717) is 11.3 Å². The van der Waals surface area contributed by atoms with Gasteiger partial charge in [0.2, 0.25) is 0 Å². The maximum Gasteiger partial charge on any atom is 0.412 e. The van der Waals surface area contributed by atoms with Crippen LogP contribution in [0.15, 0.2) is 30.6 Å². The highest BCUT2D eigenvalue weighted by Crippen LogP contribution is 2.32. The number of cyclic esters (lactones) is 1. The van der Waals surface area contributed by atoms with Crippen molar-refractivity contribution < 1.29 is 19.1 Å². The Morgan fingerprint density at radius 1 is 1.24 bits per heavy atom. The van der Waals surface area contributed by atoms with Gasteiger partial charge in [-0.05, 0) is 51.0 Å². The number of ether oxygens (including phenoxy) is 2. The smallest absolute Gasteiger partial charge is 0.412 e. The molecule has 0 fully saturated rings. The van der Waals surface area contributed by atoms with Gasteiger partial charge in [0.1, 0.15) is 12.2 Å². The van der Waals surface area contributed by atoms with Crippen LogP contribution < -0.4 is 5.32 Å². The summed E-state index contributed by atoms with van der Waals surface area (Å²) in [6, 6.07) is 5.46. The molecule has 1 amide bonds. The third-order valence-corrected chi connectivity index (χ3v) is 3.86. The second-order valence-corrected chi connectivity index (χ2v) is 6.93. The molecule has 0 radical (unpaired) electrons. The Kier molecular flexibility index (Phi) is 4.20. The molecule has 6 nitrogen and oxygen atoms in total. The number of nitrogens with one attached hydrogen (secondary N) is 1. The molecule has 0 unspecified atom stereocenters. The van der Waals surface area contributed by atoms with Gasteiger partial charge in [-0.1, -0.05) is 6.07 Å². The quantitative estimate of drug-likeness (QED) is 0.834. The zero-order valence-corrected chi connectivity index (χ0v) is 14.7. The number of carbonyl (C=O) groups is 2. The molecule has 0 bridgehead atoms. The number of nitrogens with zero attached hydrogens (tertiary/aromatic N) is 1. The normalized spacial score (nSPS) is 13.2. The first-order chi connectivity index (χ1) is 11.7. The van der Waals surface area contributed by atoms with E-state index < -0.39 is 11.7 Å². The van der Waals surface area contributed by atoms with Crippen molar-refractivity contribution in [3.8, 4) is 11.1 Å². The van der Waals surface area contributed by atoms with Gasteiger partial charge in [0.15, 0.2) is 0 Å². The molecule has 1 aromatic carbocycles. The Labute approximate surface area is 146 Å². The number of hydrogen-bond donors (Lipinski definition) is 1. The van der Waals surface area contributed by atoms with E-state index in [-0.39, 0.29) is 12.6 Å². The fraction of sp³-hybridized carbons (Fsp3) is 0.316. The SMILES string of the molecule is Cc1c(-c2cncc(NC(=O)OC(C)(C)C)c2)ccc2c1COC2=O. The van der Waals surface area contributed by atoms with E-state index in [1.807, 2.05) is 19.1 Å². The molecule has 3 rings (SSSR count). The highest BCUT2D eigenvalue weighted by Gasteiger charge is 2.24. The van der Waals surface area contributed by atoms with Gasteiger partial charge in [-0.25, -0.2) is 9.59 Å². The lowest BCUT2D eigenvalue weighted by molar-refractivity contribution is 0.0534. The van der Waals surface area contributed by atoms with Crippen molar-refractivity contribution in [2.75, 3.05) is 5.32 Å². The predicted molar refractivity (Wildman–Crippen MR) is 93.4 cm³/mol. The Morgan fingerprint density at radius 2 is 1.96 bits per heavy atom. The lowest BCUT2D eigenvalue weighted by Crippen LogP contribution is -2.27. The van der Waals surface area contributed by atoms with E-state index in [9.17, 15) is 9.59 Å². The van der Waals surface area contributed by atoms with Crippen LogP contribution in [0, 0.1) is 6.92 Å². The summed E-state index contributed by atoms with van der Waals surface area (Å²) in [5, 5.41) is 2.68. The molecule has 2 aromatic rings. The Hall–Kier alpha value is -2.89. The zero-order chi connectivity index (χ0) is 18.2. The molecular weight excluding hydrogens is 320 g/mol. The zero-order valence-electron chi connectivity index (χ0n) is 14.7. The number of hydrogen-bond acceptors (Lipinski definition) is 5. The van der Waals surface area contributed by atoms with E-state index in [4.69, 9.17) is 9.47 Å². The highest BCUT2D eigenvalue weighted by molar-refractivity contribution is 5.95. The third-order valence-electron chi connectivity index (χ3n) is 3.86. The predicted octanol–water partition coefficient (Wildman–Crippen LogP) is 4.07. The second kappa shape index (κ2) is 6.20. The molecule has 130 valence electrons. The second-order valence-electron chi connectivity index (χ2n) is 6.93. The van der Waals surface area contributed by atoms with E-state index in [1.54, 1.807) is 39.2 Å². The molecule has 0 saturated carbocycles. The van der Waals surface area contributed by atoms with Crippen molar-refractivity contribution in [2.24, 2.45) is 0 Å². The molecule has 1 aliphatic rings. The van der Waals surface area contributed by atoms with Gasteiger partial charge in [0.25, 0.3) is 0 Å². The number of pyridine rings is 1. The monoisotopic (exact) mass is 340 g/mol. The number of anilines is 1. The average molecular weight is 340 g/mol. The van der Waals surface area contributed by atoms with Gasteiger partial charge in [-0.15, -0.1) is 0 Å². The lowest BCUT2D eigenvalue weighted by atomic mass is 9.95. The summed E-state index contributed by atoms with van der Waals surface area (Å²) in [6.07, 6.45) is 2.74. The number of fused-ring (bicyclic) bond motifs is 1. The molecule has 6 heteroatoms. The standard InChI is InChI=1S/C19H20N2O4/c1-11-14(5-6-15-16(11)10-24-17(15)22)12-7-13(9-20-8-12)21-18(23)25-19(2,3)4/h5-9H,10H2,1-4H3,(H,21,23). The molecule has 2 heterocycles. The van der Waals surface area contributed by atoms with Crippen LogP contribution in [0.2, 0.25) is 0 Å². The highest BCUT2D eigenvalue weighted by atomic mass is 16.6. The molecular formula is C19H20N2O4. The van der Waals surface area contributed by atoms with Crippen molar-refractivity contribution in [1.82, 2.24) is 4.98 Å². The fourth-order valence-corrected chi connectivity index (χ4v) is 2.74. The lowest BCUT2D eigenvalue weighted by Gasteiger charge is -2.19. The molecule has 0 aliphatic carbocycles. The summed E-state index contributed by atoms with van der Waals surface area (Å²) >= 11 is 0. The first-order valence-corrected chi connectivity index (χ1v) is 7.99. The average Bonchev–Trinajstić information content (AvgIpc) is 2.88. The number of benzene rings is 1. The Bertz CT molecular complexity index is 853. The van der Waals surface area contributed by atoms with Crippen LogP contribution >= 0.6 is 0 Å². The van der Waals surface area contributed by atoms with Crippen LogP contribution in [-0.2, 0) is 16.1 Å². The van der Waals surface area contributed by atoms with Gasteiger partial charge in [0.05, 0.1) is 17.4 Å². The van der Waals surface area contributed by atoms with Crippen LogP contribution in [0.3, 0.4) is 0 Å². The van der Waals surface area contributed by atoms with Crippen molar-refractivity contribution in [1.29, 1.82) is 0 Å². The maximum atomic E-state index is 11.9. The minimum absolute atomic E-state index is 0.289. The molecule has 0 atom stereocenters. The van der Waals surface area contributed by atoms with Crippen molar-refractivity contribution in [3.05, 3.63) is 47.3 Å². The van der Waals surface area contributed by atoms with Crippen molar-refractivity contribution in [2.45, 2.75) is 39.9 Å². The summed E-state index contributed by atoms with van der Waals surface area (Å²) in [7, 11) is 0. The van der Waals surface area contributed by atoms with Crippen molar-refractivity contribution >= 4 is 17.7 Å². The summed E-state index contributed by atoms with van der Waals surface area (Å²) in [6.45, 7) is 7.65. The first-order valence-electron chi connectivity index (χ1n) is 7.99. The van der Waals surface area contributed by atoms with Gasteiger partial charge in [-0.3, -0.25) is 10.3 Å². The van der Waals surface area contributed by atoms with Crippen LogP contribution in [0.25, 0.3) is 11.1 Å². The van der Waals surface area contributed by atoms with Gasteiger partial charge >= 0.3 is 12.1 Å². The molecule has 25 heavy (non-hydrogen) atoms. The molecule has 1 aromatic heterocycles. The summed E-state index contributed by atoms with van der Waals surface area (Å²) in [5.41, 5.74) is 4.23. The Balaban J connectivity index is 1.88. The number of aromatic nitrogens is 1. The molecule has 1 aliphatic heterocycles. The molecule has 1 N–H and O–H groups in total. The van der Waals surface area contributed by atoms with Crippen LogP contribution in [0.5, 0.6) is 0 Å². The largest absolute Gasteiger partial charge is 0.457 e. The van der Waals surface area contributed by atoms with E-state index >= 15 is 0 Å². The van der Waals surface area contributed by atoms with Gasteiger partial charge in [0, 0.05) is 17.3 Å². The maximum absolute atomic E-state index is 11.9. The number of amides is 1. The van der Waals surface area contributed by atoms with Gasteiger partial charge < -0.3 is 9.47 Å². The summed E-state index contributed by atoms with van der Waals surface area (Å²) in [4.78, 5) is 27.8. The summed E-state index contributed by atoms with van der Waals surface area (Å²) in [5.74, 6) is -0.289. The fourth-order valence-electron chi connectivity index (χ4n) is 2.74. The Morgan fingerprint density at radius 3 is 2.68 bits per heavy atom. The summed E-state index contributed by atoms with van der Waals surface area (Å²) < 4.78 is 10.3.